The van der Waals surface area contributed by atoms with E-state index in [9.17, 15) is 4.79 Å². The molecule has 0 aliphatic rings. The maximum Gasteiger partial charge on any atom is 0.262 e. The minimum absolute atomic E-state index is 0.0851. The fourth-order valence-electron chi connectivity index (χ4n) is 2.86. The van der Waals surface area contributed by atoms with Gasteiger partial charge < -0.3 is 10.1 Å². The van der Waals surface area contributed by atoms with E-state index in [0.29, 0.717) is 16.5 Å². The van der Waals surface area contributed by atoms with Crippen LogP contribution >= 0.6 is 22.9 Å². The van der Waals surface area contributed by atoms with E-state index in [2.05, 4.69) is 20.6 Å². The summed E-state index contributed by atoms with van der Waals surface area (Å²) in [7, 11) is 0. The van der Waals surface area contributed by atoms with Crippen molar-refractivity contribution in [3.8, 4) is 16.3 Å². The van der Waals surface area contributed by atoms with E-state index in [1.807, 2.05) is 57.2 Å². The van der Waals surface area contributed by atoms with Crippen LogP contribution in [-0.4, -0.2) is 32.3 Å². The fourth-order valence-corrected chi connectivity index (χ4v) is 3.86. The Hall–Kier alpha value is -2.97. The Morgan fingerprint density at radius 2 is 1.83 bits per heavy atom. The van der Waals surface area contributed by atoms with Crippen molar-refractivity contribution in [3.63, 3.8) is 0 Å². The highest BCUT2D eigenvalue weighted by atomic mass is 35.5. The summed E-state index contributed by atoms with van der Waals surface area (Å²) >= 11 is 7.62. The number of rotatable bonds is 5. The Labute approximate surface area is 176 Å². The number of carbonyl (C=O) groups is 1. The van der Waals surface area contributed by atoms with Crippen LogP contribution in [0.3, 0.4) is 0 Å². The zero-order chi connectivity index (χ0) is 20.5. The van der Waals surface area contributed by atoms with Gasteiger partial charge in [0.05, 0.1) is 0 Å². The molecule has 0 atom stereocenters. The van der Waals surface area contributed by atoms with Gasteiger partial charge in [-0.2, -0.15) is 9.61 Å². The zero-order valence-corrected chi connectivity index (χ0v) is 17.6. The summed E-state index contributed by atoms with van der Waals surface area (Å²) in [4.78, 5) is 13.0. The van der Waals surface area contributed by atoms with E-state index in [0.717, 1.165) is 32.5 Å². The van der Waals surface area contributed by atoms with E-state index >= 15 is 0 Å². The predicted octanol–water partition coefficient (Wildman–Crippen LogP) is 4.45. The van der Waals surface area contributed by atoms with Crippen molar-refractivity contribution < 1.29 is 9.53 Å². The van der Waals surface area contributed by atoms with Crippen LogP contribution in [0, 0.1) is 20.8 Å². The second-order valence-electron chi connectivity index (χ2n) is 6.63. The lowest BCUT2D eigenvalue weighted by molar-refractivity contribution is -0.118. The van der Waals surface area contributed by atoms with Crippen molar-refractivity contribution in [1.82, 2.24) is 19.8 Å². The van der Waals surface area contributed by atoms with Gasteiger partial charge in [-0.05, 0) is 68.3 Å². The second-order valence-corrected chi connectivity index (χ2v) is 7.97. The van der Waals surface area contributed by atoms with Crippen LogP contribution in [-0.2, 0) is 4.79 Å². The largest absolute Gasteiger partial charge is 0.484 e. The molecular formula is C20H18ClN5O2S. The van der Waals surface area contributed by atoms with Crippen LogP contribution in [0.25, 0.3) is 15.5 Å². The number of aryl methyl sites for hydroxylation is 3. The number of benzene rings is 2. The van der Waals surface area contributed by atoms with E-state index in [1.54, 1.807) is 4.52 Å². The van der Waals surface area contributed by atoms with Crippen molar-refractivity contribution in [1.29, 1.82) is 0 Å². The third-order valence-corrected chi connectivity index (χ3v) is 5.89. The highest BCUT2D eigenvalue weighted by Gasteiger charge is 2.11. The lowest BCUT2D eigenvalue weighted by Crippen LogP contribution is -2.20. The first-order valence-corrected chi connectivity index (χ1v) is 10.1. The molecule has 0 saturated carbocycles. The molecule has 0 radical (unpaired) electrons. The summed E-state index contributed by atoms with van der Waals surface area (Å²) < 4.78 is 7.31. The molecule has 7 nitrogen and oxygen atoms in total. The van der Waals surface area contributed by atoms with Crippen LogP contribution in [0.1, 0.15) is 17.0 Å². The Bertz CT molecular complexity index is 1180. The number of hydrogen-bond donors (Lipinski definition) is 1. The molecule has 4 aromatic rings. The van der Waals surface area contributed by atoms with Gasteiger partial charge in [0, 0.05) is 16.3 Å². The Morgan fingerprint density at radius 1 is 1.14 bits per heavy atom. The molecule has 0 unspecified atom stereocenters. The molecule has 0 aliphatic heterocycles. The highest BCUT2D eigenvalue weighted by molar-refractivity contribution is 7.19. The molecule has 1 amide bonds. The fraction of sp³-hybridized carbons (Fsp3) is 0.200. The number of ether oxygens (including phenoxy) is 1. The molecule has 0 fully saturated rings. The summed E-state index contributed by atoms with van der Waals surface area (Å²) in [6.45, 7) is 5.58. The third kappa shape index (κ3) is 4.08. The van der Waals surface area contributed by atoms with Gasteiger partial charge in [0.2, 0.25) is 4.96 Å². The molecule has 2 aromatic carbocycles. The molecule has 29 heavy (non-hydrogen) atoms. The summed E-state index contributed by atoms with van der Waals surface area (Å²) in [5.74, 6) is 1.13. The summed E-state index contributed by atoms with van der Waals surface area (Å²) in [6.07, 6.45) is 0. The maximum absolute atomic E-state index is 12.2. The minimum atomic E-state index is -0.238. The van der Waals surface area contributed by atoms with Gasteiger partial charge in [-0.15, -0.1) is 10.2 Å². The average molecular weight is 428 g/mol. The van der Waals surface area contributed by atoms with Crippen molar-refractivity contribution in [2.75, 3.05) is 11.9 Å². The topological polar surface area (TPSA) is 81.4 Å². The van der Waals surface area contributed by atoms with E-state index in [4.69, 9.17) is 16.3 Å². The minimum Gasteiger partial charge on any atom is -0.484 e. The molecule has 4 rings (SSSR count). The first kappa shape index (κ1) is 19.4. The zero-order valence-electron chi connectivity index (χ0n) is 16.1. The van der Waals surface area contributed by atoms with Crippen LogP contribution in [0.15, 0.2) is 36.4 Å². The molecule has 2 aromatic heterocycles. The molecule has 0 aliphatic carbocycles. The standard InChI is InChI=1S/C20H18ClN5O2S/c1-11-8-16(9-12(2)18(11)21)28-10-17(27)22-15-6-4-14(5-7-15)19-25-26-13(3)23-24-20(26)29-19/h4-9H,10H2,1-3H3,(H,22,27). The van der Waals surface area contributed by atoms with Gasteiger partial charge in [0.15, 0.2) is 12.4 Å². The molecule has 9 heteroatoms. The predicted molar refractivity (Wildman–Crippen MR) is 114 cm³/mol. The van der Waals surface area contributed by atoms with E-state index < -0.39 is 0 Å². The van der Waals surface area contributed by atoms with Crippen molar-refractivity contribution in [2.45, 2.75) is 20.8 Å². The second kappa shape index (κ2) is 7.81. The summed E-state index contributed by atoms with van der Waals surface area (Å²) in [5.41, 5.74) is 3.46. The molecule has 2 heterocycles. The lowest BCUT2D eigenvalue weighted by Gasteiger charge is -2.10. The highest BCUT2D eigenvalue weighted by Crippen LogP contribution is 2.27. The Morgan fingerprint density at radius 3 is 2.48 bits per heavy atom. The smallest absolute Gasteiger partial charge is 0.262 e. The normalized spacial score (nSPS) is 11.0. The Kier molecular flexibility index (Phi) is 5.21. The molecule has 148 valence electrons. The van der Waals surface area contributed by atoms with Gasteiger partial charge in [-0.25, -0.2) is 0 Å². The number of hydrogen-bond acceptors (Lipinski definition) is 6. The average Bonchev–Trinajstić information content (AvgIpc) is 3.27. The van der Waals surface area contributed by atoms with E-state index in [-0.39, 0.29) is 12.5 Å². The van der Waals surface area contributed by atoms with Gasteiger partial charge in [0.25, 0.3) is 5.91 Å². The molecule has 0 saturated heterocycles. The van der Waals surface area contributed by atoms with Gasteiger partial charge in [-0.1, -0.05) is 22.9 Å². The number of amides is 1. The Balaban J connectivity index is 1.38. The number of nitrogens with one attached hydrogen (secondary N) is 1. The number of carbonyl (C=O) groups excluding carboxylic acids is 1. The third-order valence-electron chi connectivity index (χ3n) is 4.34. The molecular weight excluding hydrogens is 410 g/mol. The number of fused-ring (bicyclic) bond motifs is 1. The summed E-state index contributed by atoms with van der Waals surface area (Å²) in [6, 6.07) is 11.1. The summed E-state index contributed by atoms with van der Waals surface area (Å²) in [5, 5.41) is 16.9. The lowest BCUT2D eigenvalue weighted by atomic mass is 10.1. The van der Waals surface area contributed by atoms with Gasteiger partial charge in [-0.3, -0.25) is 4.79 Å². The first-order valence-electron chi connectivity index (χ1n) is 8.89. The van der Waals surface area contributed by atoms with Crippen LogP contribution < -0.4 is 10.1 Å². The van der Waals surface area contributed by atoms with Gasteiger partial charge in [0.1, 0.15) is 10.8 Å². The first-order chi connectivity index (χ1) is 13.9. The van der Waals surface area contributed by atoms with E-state index in [1.165, 1.54) is 11.3 Å². The molecule has 0 bridgehead atoms. The molecule has 0 spiro atoms. The number of aromatic nitrogens is 4. The van der Waals surface area contributed by atoms with Crippen molar-refractivity contribution in [2.24, 2.45) is 0 Å². The SMILES string of the molecule is Cc1cc(OCC(=O)Nc2ccc(-c3nn4c(C)nnc4s3)cc2)cc(C)c1Cl. The molecule has 1 N–H and O–H groups in total. The van der Waals surface area contributed by atoms with Crippen LogP contribution in [0.4, 0.5) is 5.69 Å². The van der Waals surface area contributed by atoms with Crippen LogP contribution in [0.2, 0.25) is 5.02 Å². The number of anilines is 1. The van der Waals surface area contributed by atoms with Gasteiger partial charge >= 0.3 is 0 Å². The number of nitrogens with zero attached hydrogens (tertiary/aromatic N) is 4. The quantitative estimate of drug-likeness (QED) is 0.509. The van der Waals surface area contributed by atoms with Crippen LogP contribution in [0.5, 0.6) is 5.75 Å². The maximum atomic E-state index is 12.2. The monoisotopic (exact) mass is 427 g/mol. The van der Waals surface area contributed by atoms with Crippen molar-refractivity contribution >= 4 is 39.5 Å². The van der Waals surface area contributed by atoms with Crippen molar-refractivity contribution in [3.05, 3.63) is 58.4 Å². The number of halogens is 1.